The van der Waals surface area contributed by atoms with Gasteiger partial charge in [0.05, 0.1) is 30.5 Å². The van der Waals surface area contributed by atoms with Crippen molar-refractivity contribution in [1.82, 2.24) is 24.8 Å². The number of hydrogen-bond donors (Lipinski definition) is 0. The smallest absolute Gasteiger partial charge is 0.320 e. The van der Waals surface area contributed by atoms with E-state index in [0.29, 0.717) is 43.7 Å². The first-order valence-corrected chi connectivity index (χ1v) is 10.4. The molecule has 0 atom stereocenters. The van der Waals surface area contributed by atoms with E-state index in [-0.39, 0.29) is 11.9 Å². The van der Waals surface area contributed by atoms with E-state index >= 15 is 0 Å². The fourth-order valence-corrected chi connectivity index (χ4v) is 4.00. The summed E-state index contributed by atoms with van der Waals surface area (Å²) in [6.45, 7) is 4.31. The van der Waals surface area contributed by atoms with E-state index < -0.39 is 0 Å². The Morgan fingerprint density at radius 1 is 1.10 bits per heavy atom. The molecule has 0 radical (unpaired) electrons. The number of carbonyl (C=O) groups excluding carboxylic acids is 1. The second kappa shape index (κ2) is 8.62. The molecule has 30 heavy (non-hydrogen) atoms. The van der Waals surface area contributed by atoms with Gasteiger partial charge in [0, 0.05) is 50.9 Å². The molecule has 0 bridgehead atoms. The Balaban J connectivity index is 1.73. The van der Waals surface area contributed by atoms with E-state index in [0.717, 1.165) is 16.1 Å². The summed E-state index contributed by atoms with van der Waals surface area (Å²) in [6.07, 6.45) is 1.77. The van der Waals surface area contributed by atoms with Crippen LogP contribution in [0.1, 0.15) is 6.92 Å². The van der Waals surface area contributed by atoms with Crippen LogP contribution in [0.4, 0.5) is 5.95 Å². The molecule has 1 aliphatic rings. The minimum Gasteiger partial charge on any atom is -0.481 e. The lowest BCUT2D eigenvalue weighted by Crippen LogP contribution is -2.48. The van der Waals surface area contributed by atoms with Crippen molar-refractivity contribution in [3.63, 3.8) is 0 Å². The third-order valence-electron chi connectivity index (χ3n) is 4.89. The predicted octanol–water partition coefficient (Wildman–Crippen LogP) is 2.35. The van der Waals surface area contributed by atoms with Gasteiger partial charge in [-0.2, -0.15) is 9.97 Å². The molecule has 4 heterocycles. The van der Waals surface area contributed by atoms with Crippen LogP contribution in [0.25, 0.3) is 21.8 Å². The standard InChI is InChI=1S/C20H22N6O3S/c1-13(27)25-6-8-26(9-7-25)19-21-12-14(18(24-19)16-5-4-10-30-16)15-11-17(28-2)23-20(22-15)29-3/h4-5,10-12H,6-9H2,1-3H3. The maximum absolute atomic E-state index is 11.6. The number of carbonyl (C=O) groups is 1. The Labute approximate surface area is 178 Å². The van der Waals surface area contributed by atoms with Crippen molar-refractivity contribution in [1.29, 1.82) is 0 Å². The maximum atomic E-state index is 11.6. The van der Waals surface area contributed by atoms with E-state index in [1.54, 1.807) is 37.6 Å². The van der Waals surface area contributed by atoms with Gasteiger partial charge < -0.3 is 19.3 Å². The minimum absolute atomic E-state index is 0.0943. The molecule has 0 aliphatic carbocycles. The first kappa shape index (κ1) is 20.0. The van der Waals surface area contributed by atoms with E-state index in [1.165, 1.54) is 7.11 Å². The van der Waals surface area contributed by atoms with Gasteiger partial charge in [0.25, 0.3) is 0 Å². The van der Waals surface area contributed by atoms with Gasteiger partial charge in [0.15, 0.2) is 0 Å². The average molecular weight is 427 g/mol. The van der Waals surface area contributed by atoms with E-state index in [4.69, 9.17) is 14.5 Å². The Morgan fingerprint density at radius 3 is 2.53 bits per heavy atom. The van der Waals surface area contributed by atoms with Crippen molar-refractivity contribution in [2.24, 2.45) is 0 Å². The molecule has 3 aromatic rings. The Morgan fingerprint density at radius 2 is 1.90 bits per heavy atom. The molecule has 1 amide bonds. The highest BCUT2D eigenvalue weighted by Gasteiger charge is 2.23. The Bertz CT molecular complexity index is 1010. The molecule has 0 aromatic carbocycles. The average Bonchev–Trinajstić information content (AvgIpc) is 3.33. The zero-order valence-corrected chi connectivity index (χ0v) is 17.8. The van der Waals surface area contributed by atoms with Crippen LogP contribution >= 0.6 is 11.3 Å². The zero-order valence-electron chi connectivity index (χ0n) is 17.0. The summed E-state index contributed by atoms with van der Waals surface area (Å²) in [5.41, 5.74) is 2.17. The van der Waals surface area contributed by atoms with Crippen molar-refractivity contribution in [3.8, 4) is 33.7 Å². The quantitative estimate of drug-likeness (QED) is 0.614. The lowest BCUT2D eigenvalue weighted by molar-refractivity contribution is -0.129. The number of aromatic nitrogens is 4. The summed E-state index contributed by atoms with van der Waals surface area (Å²) in [7, 11) is 3.06. The van der Waals surface area contributed by atoms with Gasteiger partial charge >= 0.3 is 6.01 Å². The Kier molecular flexibility index (Phi) is 5.75. The molecule has 156 valence electrons. The first-order chi connectivity index (χ1) is 14.6. The number of rotatable bonds is 5. The highest BCUT2D eigenvalue weighted by Crippen LogP contribution is 2.34. The fraction of sp³-hybridized carbons (Fsp3) is 0.350. The van der Waals surface area contributed by atoms with Gasteiger partial charge in [-0.1, -0.05) is 6.07 Å². The highest BCUT2D eigenvalue weighted by molar-refractivity contribution is 7.13. The van der Waals surface area contributed by atoms with Gasteiger partial charge in [0.2, 0.25) is 17.7 Å². The van der Waals surface area contributed by atoms with Crippen LogP contribution in [0.5, 0.6) is 11.9 Å². The van der Waals surface area contributed by atoms with Crippen LogP contribution in [-0.2, 0) is 4.79 Å². The Hall–Kier alpha value is -3.27. The number of methoxy groups -OCH3 is 2. The largest absolute Gasteiger partial charge is 0.481 e. The molecule has 0 saturated carbocycles. The van der Waals surface area contributed by atoms with E-state index in [1.807, 2.05) is 22.4 Å². The van der Waals surface area contributed by atoms with Gasteiger partial charge in [-0.05, 0) is 11.4 Å². The van der Waals surface area contributed by atoms with Gasteiger partial charge in [-0.15, -0.1) is 11.3 Å². The molecule has 0 N–H and O–H groups in total. The third kappa shape index (κ3) is 4.04. The number of thiophene rings is 1. The monoisotopic (exact) mass is 426 g/mol. The second-order valence-corrected chi connectivity index (χ2v) is 7.63. The molecule has 3 aromatic heterocycles. The summed E-state index contributed by atoms with van der Waals surface area (Å²) in [4.78, 5) is 34.7. The number of amides is 1. The molecule has 0 spiro atoms. The molecule has 1 saturated heterocycles. The molecule has 0 unspecified atom stereocenters. The van der Waals surface area contributed by atoms with E-state index in [2.05, 4.69) is 19.9 Å². The number of piperazine rings is 1. The van der Waals surface area contributed by atoms with Gasteiger partial charge in [0.1, 0.15) is 0 Å². The predicted molar refractivity (Wildman–Crippen MR) is 114 cm³/mol. The molecular formula is C20H22N6O3S. The first-order valence-electron chi connectivity index (χ1n) is 9.48. The van der Waals surface area contributed by atoms with Crippen LogP contribution in [0.2, 0.25) is 0 Å². The van der Waals surface area contributed by atoms with Crippen LogP contribution < -0.4 is 14.4 Å². The molecular weight excluding hydrogens is 404 g/mol. The molecule has 9 nitrogen and oxygen atoms in total. The number of hydrogen-bond acceptors (Lipinski definition) is 9. The van der Waals surface area contributed by atoms with Crippen molar-refractivity contribution in [3.05, 3.63) is 29.8 Å². The normalized spacial score (nSPS) is 14.0. The summed E-state index contributed by atoms with van der Waals surface area (Å²) in [6, 6.07) is 5.96. The SMILES string of the molecule is COc1cc(-c2cnc(N3CCN(C(C)=O)CC3)nc2-c2cccs2)nc(OC)n1. The van der Waals surface area contributed by atoms with Crippen LogP contribution in [0.15, 0.2) is 29.8 Å². The molecule has 1 fully saturated rings. The third-order valence-corrected chi connectivity index (χ3v) is 5.76. The molecule has 10 heteroatoms. The topological polar surface area (TPSA) is 93.6 Å². The van der Waals surface area contributed by atoms with E-state index in [9.17, 15) is 4.79 Å². The van der Waals surface area contributed by atoms with Crippen molar-refractivity contribution in [2.45, 2.75) is 6.92 Å². The van der Waals surface area contributed by atoms with Crippen LogP contribution in [-0.4, -0.2) is 71.1 Å². The van der Waals surface area contributed by atoms with Crippen molar-refractivity contribution in [2.75, 3.05) is 45.3 Å². The molecule has 1 aliphatic heterocycles. The molecule has 4 rings (SSSR count). The van der Waals surface area contributed by atoms with Gasteiger partial charge in [-0.25, -0.2) is 9.97 Å². The number of nitrogens with zero attached hydrogens (tertiary/aromatic N) is 6. The zero-order chi connectivity index (χ0) is 21.1. The van der Waals surface area contributed by atoms with Gasteiger partial charge in [-0.3, -0.25) is 4.79 Å². The lowest BCUT2D eigenvalue weighted by atomic mass is 10.1. The number of anilines is 1. The maximum Gasteiger partial charge on any atom is 0.320 e. The highest BCUT2D eigenvalue weighted by atomic mass is 32.1. The lowest BCUT2D eigenvalue weighted by Gasteiger charge is -2.34. The van der Waals surface area contributed by atoms with Crippen LogP contribution in [0, 0.1) is 0 Å². The van der Waals surface area contributed by atoms with Crippen molar-refractivity contribution >= 4 is 23.2 Å². The number of ether oxygens (including phenoxy) is 2. The minimum atomic E-state index is 0.0943. The summed E-state index contributed by atoms with van der Waals surface area (Å²) >= 11 is 1.60. The van der Waals surface area contributed by atoms with Crippen LogP contribution in [0.3, 0.4) is 0 Å². The van der Waals surface area contributed by atoms with Crippen molar-refractivity contribution < 1.29 is 14.3 Å². The second-order valence-electron chi connectivity index (χ2n) is 6.68. The summed E-state index contributed by atoms with van der Waals surface area (Å²) < 4.78 is 10.5. The fourth-order valence-electron chi connectivity index (χ4n) is 3.27. The summed E-state index contributed by atoms with van der Waals surface area (Å²) in [5, 5.41) is 2.01. The summed E-state index contributed by atoms with van der Waals surface area (Å²) in [5.74, 6) is 1.13.